The van der Waals surface area contributed by atoms with E-state index in [0.717, 1.165) is 26.3 Å². The minimum Gasteiger partial charge on any atom is -0.324 e. The van der Waals surface area contributed by atoms with Gasteiger partial charge >= 0.3 is 0 Å². The third-order valence-electron chi connectivity index (χ3n) is 3.37. The van der Waals surface area contributed by atoms with Gasteiger partial charge in [0.05, 0.1) is 11.5 Å². The highest BCUT2D eigenvalue weighted by atomic mass is 32.2. The van der Waals surface area contributed by atoms with Gasteiger partial charge in [0.2, 0.25) is 0 Å². The van der Waals surface area contributed by atoms with Crippen LogP contribution < -0.4 is 5.43 Å². The molecule has 2 aromatic heterocycles. The number of hydrogen-bond acceptors (Lipinski definition) is 6. The van der Waals surface area contributed by atoms with Gasteiger partial charge in [-0.15, -0.1) is 10.2 Å². The summed E-state index contributed by atoms with van der Waals surface area (Å²) in [5, 5.41) is 13.0. The molecule has 0 unspecified atom stereocenters. The number of nitrogens with one attached hydrogen (secondary N) is 1. The lowest BCUT2D eigenvalue weighted by Crippen LogP contribution is -2.21. The Labute approximate surface area is 154 Å². The lowest BCUT2D eigenvalue weighted by molar-refractivity contribution is -0.118. The Morgan fingerprint density at radius 1 is 1.24 bits per heavy atom. The number of nitrogens with zero attached hydrogens (tertiary/aromatic N) is 4. The maximum absolute atomic E-state index is 11.9. The van der Waals surface area contributed by atoms with E-state index in [0.29, 0.717) is 0 Å². The first kappa shape index (κ1) is 17.4. The highest BCUT2D eigenvalue weighted by molar-refractivity contribution is 8.01. The second-order valence-corrected chi connectivity index (χ2v) is 7.65. The Hall–Kier alpha value is -2.45. The summed E-state index contributed by atoms with van der Waals surface area (Å²) in [5.41, 5.74) is 5.37. The van der Waals surface area contributed by atoms with E-state index in [1.165, 1.54) is 23.1 Å². The number of carbonyl (C=O) groups is 1. The number of hydrogen-bond donors (Lipinski definition) is 1. The zero-order valence-electron chi connectivity index (χ0n) is 13.8. The monoisotopic (exact) mass is 371 g/mol. The van der Waals surface area contributed by atoms with Crippen LogP contribution in [0.3, 0.4) is 0 Å². The fourth-order valence-corrected chi connectivity index (χ4v) is 3.70. The Balaban J connectivity index is 1.54. The molecular weight excluding hydrogens is 354 g/mol. The maximum Gasteiger partial charge on any atom is 0.250 e. The number of carbonyl (C=O) groups excluding carboxylic acids is 1. The van der Waals surface area contributed by atoms with Crippen molar-refractivity contribution in [3.8, 4) is 5.69 Å². The second kappa shape index (κ2) is 8.09. The summed E-state index contributed by atoms with van der Waals surface area (Å²) in [6.45, 7) is 3.75. The molecule has 128 valence electrons. The average Bonchev–Trinajstić information content (AvgIpc) is 3.30. The molecule has 0 aliphatic rings. The standard InChI is InChI=1S/C17H17N5OS2/c1-12(14-5-7-15(8-6-14)22-9-3-4-10-22)18-20-16(23)11-24-17-21-19-13(2)25-17/h3-10H,11H2,1-2H3,(H,20,23)/b18-12+. The Bertz CT molecular complexity index is 869. The molecule has 1 N–H and O–H groups in total. The van der Waals surface area contributed by atoms with Gasteiger partial charge in [0, 0.05) is 18.1 Å². The Kier molecular flexibility index (Phi) is 5.62. The number of aromatic nitrogens is 3. The number of aryl methyl sites for hydroxylation is 1. The van der Waals surface area contributed by atoms with Crippen LogP contribution in [0, 0.1) is 6.92 Å². The molecule has 1 amide bonds. The number of thioether (sulfide) groups is 1. The zero-order chi connectivity index (χ0) is 17.6. The lowest BCUT2D eigenvalue weighted by atomic mass is 10.1. The van der Waals surface area contributed by atoms with Crippen LogP contribution in [0.2, 0.25) is 0 Å². The van der Waals surface area contributed by atoms with Crippen LogP contribution in [0.5, 0.6) is 0 Å². The molecule has 6 nitrogen and oxygen atoms in total. The maximum atomic E-state index is 11.9. The third-order valence-corrected chi connectivity index (χ3v) is 5.34. The summed E-state index contributed by atoms with van der Waals surface area (Å²) in [4.78, 5) is 11.9. The minimum atomic E-state index is -0.166. The van der Waals surface area contributed by atoms with Crippen molar-refractivity contribution in [3.05, 3.63) is 59.4 Å². The SMILES string of the molecule is C/C(=N\NC(=O)CSc1nnc(C)s1)c1ccc(-n2cccc2)cc1. The number of amides is 1. The fraction of sp³-hybridized carbons (Fsp3) is 0.176. The van der Waals surface area contributed by atoms with Gasteiger partial charge in [-0.2, -0.15) is 5.10 Å². The van der Waals surface area contributed by atoms with Crippen molar-refractivity contribution in [1.82, 2.24) is 20.2 Å². The smallest absolute Gasteiger partial charge is 0.250 e. The molecule has 0 fully saturated rings. The van der Waals surface area contributed by atoms with Crippen LogP contribution in [0.15, 0.2) is 58.2 Å². The van der Waals surface area contributed by atoms with Gasteiger partial charge in [0.15, 0.2) is 4.34 Å². The van der Waals surface area contributed by atoms with Gasteiger partial charge in [-0.25, -0.2) is 5.43 Å². The second-order valence-electron chi connectivity index (χ2n) is 5.25. The number of hydrazone groups is 1. The highest BCUT2D eigenvalue weighted by Gasteiger charge is 2.06. The fourth-order valence-electron chi connectivity index (χ4n) is 2.09. The lowest BCUT2D eigenvalue weighted by Gasteiger charge is -2.05. The van der Waals surface area contributed by atoms with Gasteiger partial charge in [-0.05, 0) is 43.7 Å². The number of rotatable bonds is 6. The van der Waals surface area contributed by atoms with Gasteiger partial charge < -0.3 is 4.57 Å². The predicted molar refractivity (Wildman–Crippen MR) is 101 cm³/mol. The zero-order valence-corrected chi connectivity index (χ0v) is 15.5. The van der Waals surface area contributed by atoms with Crippen molar-refractivity contribution in [1.29, 1.82) is 0 Å². The molecule has 8 heteroatoms. The molecule has 0 bridgehead atoms. The van der Waals surface area contributed by atoms with Gasteiger partial charge in [0.25, 0.3) is 5.91 Å². The van der Waals surface area contributed by atoms with E-state index < -0.39 is 0 Å². The predicted octanol–water partition coefficient (Wildman–Crippen LogP) is 3.27. The molecule has 3 aromatic rings. The van der Waals surface area contributed by atoms with Crippen molar-refractivity contribution in [2.45, 2.75) is 18.2 Å². The first-order valence-electron chi connectivity index (χ1n) is 7.61. The Morgan fingerprint density at radius 3 is 2.60 bits per heavy atom. The van der Waals surface area contributed by atoms with Gasteiger partial charge in [-0.3, -0.25) is 4.79 Å². The Morgan fingerprint density at radius 2 is 1.96 bits per heavy atom. The van der Waals surface area contributed by atoms with Crippen molar-refractivity contribution >= 4 is 34.7 Å². The summed E-state index contributed by atoms with van der Waals surface area (Å²) in [6.07, 6.45) is 3.99. The van der Waals surface area contributed by atoms with Gasteiger partial charge in [-0.1, -0.05) is 35.2 Å². The number of benzene rings is 1. The van der Waals surface area contributed by atoms with Crippen LogP contribution in [0.25, 0.3) is 5.69 Å². The van der Waals surface area contributed by atoms with E-state index in [4.69, 9.17) is 0 Å². The summed E-state index contributed by atoms with van der Waals surface area (Å²) in [6, 6.07) is 12.0. The largest absolute Gasteiger partial charge is 0.324 e. The third kappa shape index (κ3) is 4.77. The van der Waals surface area contributed by atoms with Gasteiger partial charge in [0.1, 0.15) is 5.01 Å². The molecule has 0 saturated carbocycles. The van der Waals surface area contributed by atoms with Crippen molar-refractivity contribution in [3.63, 3.8) is 0 Å². The van der Waals surface area contributed by atoms with E-state index in [-0.39, 0.29) is 11.7 Å². The van der Waals surface area contributed by atoms with E-state index >= 15 is 0 Å². The summed E-state index contributed by atoms with van der Waals surface area (Å²) in [5.74, 6) is 0.0963. The minimum absolute atomic E-state index is 0.166. The summed E-state index contributed by atoms with van der Waals surface area (Å²) < 4.78 is 2.82. The van der Waals surface area contributed by atoms with E-state index in [1.807, 2.05) is 67.2 Å². The van der Waals surface area contributed by atoms with Crippen molar-refractivity contribution in [2.24, 2.45) is 5.10 Å². The van der Waals surface area contributed by atoms with Crippen LogP contribution in [-0.4, -0.2) is 32.1 Å². The molecule has 0 saturated heterocycles. The quantitative estimate of drug-likeness (QED) is 0.410. The molecule has 3 rings (SSSR count). The normalized spacial score (nSPS) is 11.5. The molecule has 0 aliphatic heterocycles. The first-order chi connectivity index (χ1) is 12.1. The van der Waals surface area contributed by atoms with Crippen LogP contribution in [0.1, 0.15) is 17.5 Å². The van der Waals surface area contributed by atoms with E-state index in [9.17, 15) is 4.79 Å². The first-order valence-corrected chi connectivity index (χ1v) is 9.42. The summed E-state index contributed by atoms with van der Waals surface area (Å²) >= 11 is 2.83. The molecule has 25 heavy (non-hydrogen) atoms. The molecule has 0 atom stereocenters. The topological polar surface area (TPSA) is 72.2 Å². The average molecular weight is 371 g/mol. The van der Waals surface area contributed by atoms with Crippen LogP contribution >= 0.6 is 23.1 Å². The molecule has 0 spiro atoms. The molecular formula is C17H17N5OS2. The molecule has 0 aliphatic carbocycles. The molecule has 2 heterocycles. The van der Waals surface area contributed by atoms with E-state index in [2.05, 4.69) is 20.7 Å². The van der Waals surface area contributed by atoms with Crippen molar-refractivity contribution < 1.29 is 4.79 Å². The summed E-state index contributed by atoms with van der Waals surface area (Å²) in [7, 11) is 0. The van der Waals surface area contributed by atoms with Crippen LogP contribution in [0.4, 0.5) is 0 Å². The van der Waals surface area contributed by atoms with Crippen LogP contribution in [-0.2, 0) is 4.79 Å². The van der Waals surface area contributed by atoms with Crippen molar-refractivity contribution in [2.75, 3.05) is 5.75 Å². The van der Waals surface area contributed by atoms with E-state index in [1.54, 1.807) is 0 Å². The molecule has 1 aromatic carbocycles. The molecule has 0 radical (unpaired) electrons. The highest BCUT2D eigenvalue weighted by Crippen LogP contribution is 2.21.